The summed E-state index contributed by atoms with van der Waals surface area (Å²) in [6.45, 7) is 5.75. The number of carbonyl (C=O) groups excluding carboxylic acids is 2. The van der Waals surface area contributed by atoms with Crippen LogP contribution in [0.4, 0.5) is 4.79 Å². The molecule has 3 atom stereocenters. The largest absolute Gasteiger partial charge is 0.394 e. The third kappa shape index (κ3) is 6.13. The molecule has 3 N–H and O–H groups in total. The standard InChI is InChI=1S/C17H32N4O4/c1-3-6-18-17(24)19-14-5-4-13(25-15(14)12-22)11-16(23)21-9-7-20(2)8-10-21/h13-15,22H,3-12H2,1-2H3,(H2,18,19,24)/t13-,14+,15-/m0/s1. The Morgan fingerprint density at radius 1 is 1.20 bits per heavy atom. The van der Waals surface area contributed by atoms with E-state index in [1.165, 1.54) is 0 Å². The van der Waals surface area contributed by atoms with Crippen LogP contribution in [-0.4, -0.2) is 91.5 Å². The summed E-state index contributed by atoms with van der Waals surface area (Å²) >= 11 is 0. The van der Waals surface area contributed by atoms with Crippen LogP contribution in [0, 0.1) is 0 Å². The number of hydrogen-bond acceptors (Lipinski definition) is 5. The number of aliphatic hydroxyl groups excluding tert-OH is 1. The maximum absolute atomic E-state index is 12.4. The minimum absolute atomic E-state index is 0.113. The molecule has 2 aliphatic rings. The zero-order chi connectivity index (χ0) is 18.2. The van der Waals surface area contributed by atoms with E-state index in [4.69, 9.17) is 4.74 Å². The van der Waals surface area contributed by atoms with Crippen LogP contribution in [0.5, 0.6) is 0 Å². The first kappa shape index (κ1) is 19.9. The smallest absolute Gasteiger partial charge is 0.315 e. The average molecular weight is 356 g/mol. The number of ether oxygens (including phenoxy) is 1. The van der Waals surface area contributed by atoms with Gasteiger partial charge in [-0.25, -0.2) is 4.79 Å². The van der Waals surface area contributed by atoms with Crippen molar-refractivity contribution in [2.75, 3.05) is 46.4 Å². The number of hydrogen-bond donors (Lipinski definition) is 3. The maximum atomic E-state index is 12.4. The molecule has 2 fully saturated rings. The van der Waals surface area contributed by atoms with E-state index in [-0.39, 0.29) is 30.7 Å². The van der Waals surface area contributed by atoms with Crippen LogP contribution in [-0.2, 0) is 9.53 Å². The van der Waals surface area contributed by atoms with Gasteiger partial charge in [-0.15, -0.1) is 0 Å². The van der Waals surface area contributed by atoms with Crippen LogP contribution in [0.2, 0.25) is 0 Å². The van der Waals surface area contributed by atoms with Crippen LogP contribution >= 0.6 is 0 Å². The highest BCUT2D eigenvalue weighted by Crippen LogP contribution is 2.22. The highest BCUT2D eigenvalue weighted by atomic mass is 16.5. The highest BCUT2D eigenvalue weighted by molar-refractivity contribution is 5.77. The lowest BCUT2D eigenvalue weighted by Crippen LogP contribution is -2.54. The molecule has 2 rings (SSSR count). The van der Waals surface area contributed by atoms with Gasteiger partial charge in [-0.2, -0.15) is 0 Å². The van der Waals surface area contributed by atoms with Crippen LogP contribution in [0.15, 0.2) is 0 Å². The highest BCUT2D eigenvalue weighted by Gasteiger charge is 2.33. The first-order valence-corrected chi connectivity index (χ1v) is 9.30. The molecule has 0 aromatic heterocycles. The van der Waals surface area contributed by atoms with Crippen LogP contribution < -0.4 is 10.6 Å². The first-order chi connectivity index (χ1) is 12.0. The molecule has 0 bridgehead atoms. The Bertz CT molecular complexity index is 440. The second-order valence-electron chi connectivity index (χ2n) is 6.95. The molecule has 8 heteroatoms. The molecule has 2 aliphatic heterocycles. The molecule has 144 valence electrons. The van der Waals surface area contributed by atoms with Crippen molar-refractivity contribution in [3.63, 3.8) is 0 Å². The molecule has 0 radical (unpaired) electrons. The number of likely N-dealkylation sites (N-methyl/N-ethyl adjacent to an activating group) is 1. The molecular formula is C17H32N4O4. The quantitative estimate of drug-likeness (QED) is 0.611. The zero-order valence-corrected chi connectivity index (χ0v) is 15.4. The minimum atomic E-state index is -0.466. The van der Waals surface area contributed by atoms with Crippen molar-refractivity contribution in [2.24, 2.45) is 0 Å². The summed E-state index contributed by atoms with van der Waals surface area (Å²) in [6.07, 6.45) is 1.95. The van der Waals surface area contributed by atoms with Gasteiger partial charge in [-0.3, -0.25) is 4.79 Å². The number of carbonyl (C=O) groups is 2. The fourth-order valence-electron chi connectivity index (χ4n) is 3.28. The molecule has 25 heavy (non-hydrogen) atoms. The predicted molar refractivity (Wildman–Crippen MR) is 94.3 cm³/mol. The molecule has 0 aromatic carbocycles. The van der Waals surface area contributed by atoms with Crippen LogP contribution in [0.1, 0.15) is 32.6 Å². The molecule has 0 aliphatic carbocycles. The number of piperazine rings is 1. The van der Waals surface area contributed by atoms with Gasteiger partial charge >= 0.3 is 6.03 Å². The van der Waals surface area contributed by atoms with Gasteiger partial charge in [0.05, 0.1) is 25.2 Å². The molecular weight excluding hydrogens is 324 g/mol. The Balaban J connectivity index is 1.78. The zero-order valence-electron chi connectivity index (χ0n) is 15.4. The number of rotatable bonds is 6. The molecule has 2 heterocycles. The molecule has 3 amide bonds. The van der Waals surface area contributed by atoms with Gasteiger partial charge in [-0.1, -0.05) is 6.92 Å². The Labute approximate surface area is 149 Å². The van der Waals surface area contributed by atoms with E-state index in [1.54, 1.807) is 0 Å². The minimum Gasteiger partial charge on any atom is -0.394 e. The summed E-state index contributed by atoms with van der Waals surface area (Å²) in [7, 11) is 2.06. The number of aliphatic hydroxyl groups is 1. The van der Waals surface area contributed by atoms with E-state index in [0.29, 0.717) is 25.8 Å². The monoisotopic (exact) mass is 356 g/mol. The molecule has 8 nitrogen and oxygen atoms in total. The van der Waals surface area contributed by atoms with Gasteiger partial charge in [0.1, 0.15) is 6.10 Å². The fraction of sp³-hybridized carbons (Fsp3) is 0.882. The van der Waals surface area contributed by atoms with E-state index < -0.39 is 6.10 Å². The third-order valence-corrected chi connectivity index (χ3v) is 4.91. The summed E-state index contributed by atoms with van der Waals surface area (Å²) in [5.41, 5.74) is 0. The molecule has 0 unspecified atom stereocenters. The number of nitrogens with zero attached hydrogens (tertiary/aromatic N) is 2. The molecule has 0 spiro atoms. The lowest BCUT2D eigenvalue weighted by molar-refractivity contribution is -0.141. The van der Waals surface area contributed by atoms with Crippen molar-refractivity contribution in [2.45, 2.75) is 50.9 Å². The summed E-state index contributed by atoms with van der Waals surface area (Å²) < 4.78 is 5.89. The SMILES string of the molecule is CCCNC(=O)N[C@@H]1CC[C@@H](CC(=O)N2CCN(C)CC2)O[C@H]1CO. The second-order valence-corrected chi connectivity index (χ2v) is 6.95. The van der Waals surface area contributed by atoms with Crippen LogP contribution in [0.25, 0.3) is 0 Å². The van der Waals surface area contributed by atoms with Crippen molar-refractivity contribution >= 4 is 11.9 Å². The summed E-state index contributed by atoms with van der Waals surface area (Å²) in [4.78, 5) is 28.3. The Morgan fingerprint density at radius 2 is 1.92 bits per heavy atom. The second kappa shape index (κ2) is 9.94. The van der Waals surface area contributed by atoms with E-state index in [2.05, 4.69) is 22.6 Å². The van der Waals surface area contributed by atoms with E-state index >= 15 is 0 Å². The molecule has 0 aromatic rings. The predicted octanol–water partition coefficient (Wildman–Crippen LogP) is -0.232. The van der Waals surface area contributed by atoms with E-state index in [1.807, 2.05) is 11.8 Å². The molecule has 2 saturated heterocycles. The third-order valence-electron chi connectivity index (χ3n) is 4.91. The maximum Gasteiger partial charge on any atom is 0.315 e. The molecule has 0 saturated carbocycles. The fourth-order valence-corrected chi connectivity index (χ4v) is 3.28. The van der Waals surface area contributed by atoms with Crippen molar-refractivity contribution in [3.05, 3.63) is 0 Å². The van der Waals surface area contributed by atoms with Crippen molar-refractivity contribution in [3.8, 4) is 0 Å². The van der Waals surface area contributed by atoms with Gasteiger partial charge in [0.2, 0.25) is 5.91 Å². The van der Waals surface area contributed by atoms with Crippen LogP contribution in [0.3, 0.4) is 0 Å². The average Bonchev–Trinajstić information content (AvgIpc) is 2.61. The lowest BCUT2D eigenvalue weighted by atomic mass is 9.97. The van der Waals surface area contributed by atoms with E-state index in [9.17, 15) is 14.7 Å². The summed E-state index contributed by atoms with van der Waals surface area (Å²) in [5.74, 6) is 0.113. The summed E-state index contributed by atoms with van der Waals surface area (Å²) in [6, 6.07) is -0.460. The Morgan fingerprint density at radius 3 is 2.56 bits per heavy atom. The van der Waals surface area contributed by atoms with Gasteiger partial charge in [0.25, 0.3) is 0 Å². The van der Waals surface area contributed by atoms with E-state index in [0.717, 1.165) is 32.6 Å². The van der Waals surface area contributed by atoms with Gasteiger partial charge < -0.3 is 30.3 Å². The van der Waals surface area contributed by atoms with Crippen molar-refractivity contribution < 1.29 is 19.4 Å². The Kier molecular flexibility index (Phi) is 7.92. The van der Waals surface area contributed by atoms with Gasteiger partial charge in [-0.05, 0) is 26.3 Å². The topological polar surface area (TPSA) is 94.1 Å². The normalized spacial score (nSPS) is 27.8. The van der Waals surface area contributed by atoms with Crippen molar-refractivity contribution in [1.82, 2.24) is 20.4 Å². The van der Waals surface area contributed by atoms with Crippen molar-refractivity contribution in [1.29, 1.82) is 0 Å². The number of amides is 3. The van der Waals surface area contributed by atoms with Gasteiger partial charge in [0.15, 0.2) is 0 Å². The first-order valence-electron chi connectivity index (χ1n) is 9.30. The van der Waals surface area contributed by atoms with Gasteiger partial charge in [0, 0.05) is 32.7 Å². The number of urea groups is 1. The Hall–Kier alpha value is -1.38. The lowest BCUT2D eigenvalue weighted by Gasteiger charge is -2.37. The summed E-state index contributed by atoms with van der Waals surface area (Å²) in [5, 5.41) is 15.2. The number of nitrogens with one attached hydrogen (secondary N) is 2.